The van der Waals surface area contributed by atoms with Crippen LogP contribution < -0.4 is 9.47 Å². The molecule has 0 spiro atoms. The molecule has 0 unspecified atom stereocenters. The van der Waals surface area contributed by atoms with Gasteiger partial charge in [0, 0.05) is 17.0 Å². The van der Waals surface area contributed by atoms with Gasteiger partial charge in [0.1, 0.15) is 11.5 Å². The lowest BCUT2D eigenvalue weighted by Crippen LogP contribution is -1.97. The molecule has 0 saturated heterocycles. The summed E-state index contributed by atoms with van der Waals surface area (Å²) < 4.78 is 10.8. The van der Waals surface area contributed by atoms with E-state index in [1.54, 1.807) is 42.7 Å². The fraction of sp³-hybridized carbons (Fsp3) is 0.133. The van der Waals surface area contributed by atoms with Gasteiger partial charge in [0.05, 0.1) is 12.7 Å². The minimum Gasteiger partial charge on any atom is -0.497 e. The van der Waals surface area contributed by atoms with E-state index in [1.807, 2.05) is 18.4 Å². The van der Waals surface area contributed by atoms with E-state index in [-0.39, 0.29) is 5.78 Å². The molecule has 1 aliphatic rings. The number of ketones is 1. The number of carbonyl (C=O) groups excluding carboxylic acids is 1. The molecule has 3 nitrogen and oxygen atoms in total. The molecule has 19 heavy (non-hydrogen) atoms. The van der Waals surface area contributed by atoms with Gasteiger partial charge in [-0.1, -0.05) is 0 Å². The van der Waals surface area contributed by atoms with Crippen LogP contribution in [-0.2, 0) is 0 Å². The summed E-state index contributed by atoms with van der Waals surface area (Å²) in [4.78, 5) is 13.2. The normalized spacial score (nSPS) is 15.5. The van der Waals surface area contributed by atoms with Crippen molar-refractivity contribution in [3.05, 3.63) is 51.4 Å². The Kier molecular flexibility index (Phi) is 2.87. The first-order valence-electron chi connectivity index (χ1n) is 5.85. The summed E-state index contributed by atoms with van der Waals surface area (Å²) in [6.45, 7) is 2.01. The summed E-state index contributed by atoms with van der Waals surface area (Å²) in [5.41, 5.74) is 1.73. The molecule has 0 fully saturated rings. The maximum atomic E-state index is 12.2. The first-order valence-corrected chi connectivity index (χ1v) is 6.73. The second-order valence-electron chi connectivity index (χ2n) is 4.27. The van der Waals surface area contributed by atoms with Crippen molar-refractivity contribution in [3.8, 4) is 11.5 Å². The summed E-state index contributed by atoms with van der Waals surface area (Å²) >= 11 is 1.59. The Hall–Kier alpha value is -2.07. The van der Waals surface area contributed by atoms with E-state index in [0.717, 1.165) is 10.4 Å². The number of thiophene rings is 1. The van der Waals surface area contributed by atoms with Crippen molar-refractivity contribution >= 4 is 23.2 Å². The van der Waals surface area contributed by atoms with Gasteiger partial charge in [0.2, 0.25) is 5.78 Å². The van der Waals surface area contributed by atoms with Crippen molar-refractivity contribution in [3.63, 3.8) is 0 Å². The number of ether oxygens (including phenoxy) is 2. The highest BCUT2D eigenvalue weighted by molar-refractivity contribution is 7.11. The minimum atomic E-state index is -0.0783. The lowest BCUT2D eigenvalue weighted by atomic mass is 10.1. The van der Waals surface area contributed by atoms with Crippen LogP contribution >= 0.6 is 11.3 Å². The van der Waals surface area contributed by atoms with E-state index in [4.69, 9.17) is 9.47 Å². The highest BCUT2D eigenvalue weighted by Crippen LogP contribution is 2.35. The number of methoxy groups -OCH3 is 1. The topological polar surface area (TPSA) is 35.5 Å². The summed E-state index contributed by atoms with van der Waals surface area (Å²) in [7, 11) is 1.59. The van der Waals surface area contributed by atoms with E-state index in [1.165, 1.54) is 0 Å². The maximum Gasteiger partial charge on any atom is 0.232 e. The van der Waals surface area contributed by atoms with Crippen molar-refractivity contribution in [1.29, 1.82) is 0 Å². The third-order valence-electron chi connectivity index (χ3n) is 3.04. The molecule has 1 aliphatic heterocycles. The Bertz CT molecular complexity index is 682. The van der Waals surface area contributed by atoms with Crippen LogP contribution in [0.1, 0.15) is 20.8 Å². The Morgan fingerprint density at radius 2 is 2.16 bits per heavy atom. The SMILES string of the molecule is COc1ccc2c(c1)O/C(=C\c1sccc1C)C2=O. The van der Waals surface area contributed by atoms with Crippen LogP contribution in [0.25, 0.3) is 6.08 Å². The molecule has 4 heteroatoms. The zero-order valence-electron chi connectivity index (χ0n) is 10.6. The predicted octanol–water partition coefficient (Wildman–Crippen LogP) is 3.68. The minimum absolute atomic E-state index is 0.0783. The second-order valence-corrected chi connectivity index (χ2v) is 5.22. The molecule has 1 aromatic heterocycles. The van der Waals surface area contributed by atoms with Crippen LogP contribution in [-0.4, -0.2) is 12.9 Å². The molecular formula is C15H12O3S. The van der Waals surface area contributed by atoms with Gasteiger partial charge < -0.3 is 9.47 Å². The Morgan fingerprint density at radius 1 is 1.32 bits per heavy atom. The zero-order valence-corrected chi connectivity index (χ0v) is 11.4. The van der Waals surface area contributed by atoms with Crippen LogP contribution in [0.5, 0.6) is 11.5 Å². The molecule has 2 heterocycles. The molecule has 1 aromatic carbocycles. The van der Waals surface area contributed by atoms with E-state index in [0.29, 0.717) is 22.8 Å². The third kappa shape index (κ3) is 2.04. The first-order chi connectivity index (χ1) is 9.19. The molecule has 0 atom stereocenters. The van der Waals surface area contributed by atoms with E-state index in [9.17, 15) is 4.79 Å². The predicted molar refractivity (Wildman–Crippen MR) is 75.0 cm³/mol. The van der Waals surface area contributed by atoms with Gasteiger partial charge in [0.25, 0.3) is 0 Å². The number of allylic oxidation sites excluding steroid dienone is 1. The molecule has 0 amide bonds. The van der Waals surface area contributed by atoms with Crippen molar-refractivity contribution in [2.75, 3.05) is 7.11 Å². The lowest BCUT2D eigenvalue weighted by Gasteiger charge is -2.01. The van der Waals surface area contributed by atoms with Crippen molar-refractivity contribution in [1.82, 2.24) is 0 Å². The maximum absolute atomic E-state index is 12.2. The number of aryl methyl sites for hydroxylation is 1. The van der Waals surface area contributed by atoms with Crippen LogP contribution in [0.15, 0.2) is 35.4 Å². The summed E-state index contributed by atoms with van der Waals surface area (Å²) in [6.07, 6.45) is 1.80. The molecule has 96 valence electrons. The first kappa shape index (κ1) is 12.0. The van der Waals surface area contributed by atoms with Crippen molar-refractivity contribution in [2.24, 2.45) is 0 Å². The van der Waals surface area contributed by atoms with Gasteiger partial charge in [-0.2, -0.15) is 0 Å². The standard InChI is InChI=1S/C15H12O3S/c1-9-5-6-19-14(9)8-13-15(16)11-4-3-10(17-2)7-12(11)18-13/h3-8H,1-2H3/b13-8-. The number of carbonyl (C=O) groups is 1. The molecule has 0 aliphatic carbocycles. The van der Waals surface area contributed by atoms with Gasteiger partial charge in [-0.3, -0.25) is 4.79 Å². The number of benzene rings is 1. The van der Waals surface area contributed by atoms with Gasteiger partial charge in [-0.15, -0.1) is 11.3 Å². The van der Waals surface area contributed by atoms with E-state index >= 15 is 0 Å². The van der Waals surface area contributed by atoms with Crippen LogP contribution in [0.4, 0.5) is 0 Å². The number of fused-ring (bicyclic) bond motifs is 1. The molecule has 0 N–H and O–H groups in total. The monoisotopic (exact) mass is 272 g/mol. The Balaban J connectivity index is 1.99. The van der Waals surface area contributed by atoms with Crippen molar-refractivity contribution < 1.29 is 14.3 Å². The van der Waals surface area contributed by atoms with Crippen LogP contribution in [0.2, 0.25) is 0 Å². The van der Waals surface area contributed by atoms with Gasteiger partial charge in [-0.05, 0) is 36.1 Å². The average molecular weight is 272 g/mol. The number of hydrogen-bond acceptors (Lipinski definition) is 4. The summed E-state index contributed by atoms with van der Waals surface area (Å²) in [5.74, 6) is 1.53. The lowest BCUT2D eigenvalue weighted by molar-refractivity contribution is 0.101. The van der Waals surface area contributed by atoms with E-state index in [2.05, 4.69) is 0 Å². The quantitative estimate of drug-likeness (QED) is 0.782. The van der Waals surface area contributed by atoms with Crippen LogP contribution in [0.3, 0.4) is 0 Å². The molecule has 3 rings (SSSR count). The number of rotatable bonds is 2. The summed E-state index contributed by atoms with van der Waals surface area (Å²) in [6, 6.07) is 7.25. The third-order valence-corrected chi connectivity index (χ3v) is 4.01. The Morgan fingerprint density at radius 3 is 2.84 bits per heavy atom. The number of hydrogen-bond donors (Lipinski definition) is 0. The average Bonchev–Trinajstić information content (AvgIpc) is 2.95. The Labute approximate surface area is 115 Å². The molecular weight excluding hydrogens is 260 g/mol. The summed E-state index contributed by atoms with van der Waals surface area (Å²) in [5, 5.41) is 2.00. The molecule has 0 bridgehead atoms. The van der Waals surface area contributed by atoms with Gasteiger partial charge in [-0.25, -0.2) is 0 Å². The largest absolute Gasteiger partial charge is 0.497 e. The van der Waals surface area contributed by atoms with Crippen LogP contribution in [0, 0.1) is 6.92 Å². The smallest absolute Gasteiger partial charge is 0.232 e. The molecule has 2 aromatic rings. The highest BCUT2D eigenvalue weighted by Gasteiger charge is 2.27. The fourth-order valence-electron chi connectivity index (χ4n) is 1.95. The molecule has 0 saturated carbocycles. The second kappa shape index (κ2) is 4.55. The molecule has 0 radical (unpaired) electrons. The fourth-order valence-corrected chi connectivity index (χ4v) is 2.79. The van der Waals surface area contributed by atoms with E-state index < -0.39 is 0 Å². The highest BCUT2D eigenvalue weighted by atomic mass is 32.1. The van der Waals surface area contributed by atoms with Gasteiger partial charge >= 0.3 is 0 Å². The zero-order chi connectivity index (χ0) is 13.4. The number of Topliss-reactive ketones (excluding diaryl/α,β-unsaturated/α-hetero) is 1. The van der Waals surface area contributed by atoms with Gasteiger partial charge in [0.15, 0.2) is 5.76 Å². The van der Waals surface area contributed by atoms with Crippen molar-refractivity contribution in [2.45, 2.75) is 6.92 Å².